The molecular formula is C20H24N4O. The highest BCUT2D eigenvalue weighted by Gasteiger charge is 2.37. The van der Waals surface area contributed by atoms with Gasteiger partial charge in [0.05, 0.1) is 11.3 Å². The van der Waals surface area contributed by atoms with E-state index in [-0.39, 0.29) is 11.9 Å². The van der Waals surface area contributed by atoms with Gasteiger partial charge in [-0.15, -0.1) is 0 Å². The molecule has 3 aliphatic heterocycles. The van der Waals surface area contributed by atoms with Crippen molar-refractivity contribution >= 4 is 5.91 Å². The number of aryl methyl sites for hydroxylation is 1. The Morgan fingerprint density at radius 1 is 1.16 bits per heavy atom. The Labute approximate surface area is 148 Å². The number of carbonyl (C=O) groups excluding carboxylic acids is 1. The largest absolute Gasteiger partial charge is 0.334 e. The molecule has 25 heavy (non-hydrogen) atoms. The fourth-order valence-corrected chi connectivity index (χ4v) is 4.12. The van der Waals surface area contributed by atoms with E-state index >= 15 is 0 Å². The first-order valence-electron chi connectivity index (χ1n) is 9.04. The predicted octanol–water partition coefficient (Wildman–Crippen LogP) is 2.52. The number of rotatable bonds is 3. The Hall–Kier alpha value is -2.27. The van der Waals surface area contributed by atoms with Gasteiger partial charge in [0.2, 0.25) is 0 Å². The second kappa shape index (κ2) is 6.92. The number of fused-ring (bicyclic) bond motifs is 4. The maximum atomic E-state index is 13.1. The van der Waals surface area contributed by atoms with Gasteiger partial charge in [0.1, 0.15) is 0 Å². The summed E-state index contributed by atoms with van der Waals surface area (Å²) < 4.78 is 0. The van der Waals surface area contributed by atoms with Crippen LogP contribution in [0.1, 0.15) is 34.5 Å². The third-order valence-corrected chi connectivity index (χ3v) is 5.43. The summed E-state index contributed by atoms with van der Waals surface area (Å²) in [6.45, 7) is 5.68. The van der Waals surface area contributed by atoms with Crippen molar-refractivity contribution in [2.24, 2.45) is 5.92 Å². The molecule has 3 aliphatic rings. The molecular weight excluding hydrogens is 312 g/mol. The highest BCUT2D eigenvalue weighted by atomic mass is 16.2. The Balaban J connectivity index is 1.52. The molecule has 0 saturated carbocycles. The SMILES string of the molecule is Cc1ccncc1C(=O)N1C[C@H]2CC[C@@H]1CN(Cc1ccccn1)C2. The minimum Gasteiger partial charge on any atom is -0.334 e. The molecule has 3 saturated heterocycles. The van der Waals surface area contributed by atoms with Crippen LogP contribution in [0, 0.1) is 12.8 Å². The highest BCUT2D eigenvalue weighted by Crippen LogP contribution is 2.30. The van der Waals surface area contributed by atoms with Crippen LogP contribution in [0.3, 0.4) is 0 Å². The molecule has 0 unspecified atom stereocenters. The first kappa shape index (κ1) is 16.2. The number of amides is 1. The zero-order valence-electron chi connectivity index (χ0n) is 14.6. The van der Waals surface area contributed by atoms with Crippen LogP contribution in [0.4, 0.5) is 0 Å². The molecule has 3 fully saturated rings. The number of carbonyl (C=O) groups is 1. The van der Waals surface area contributed by atoms with E-state index in [0.717, 1.165) is 49.4 Å². The minimum absolute atomic E-state index is 0.139. The van der Waals surface area contributed by atoms with Gasteiger partial charge in [0.15, 0.2) is 0 Å². The molecule has 5 heteroatoms. The molecule has 5 rings (SSSR count). The predicted molar refractivity (Wildman–Crippen MR) is 96.0 cm³/mol. The lowest BCUT2D eigenvalue weighted by atomic mass is 9.94. The third-order valence-electron chi connectivity index (χ3n) is 5.43. The molecule has 2 bridgehead atoms. The van der Waals surface area contributed by atoms with Crippen molar-refractivity contribution in [2.75, 3.05) is 19.6 Å². The summed E-state index contributed by atoms with van der Waals surface area (Å²) in [7, 11) is 0. The lowest BCUT2D eigenvalue weighted by Crippen LogP contribution is -2.47. The smallest absolute Gasteiger partial charge is 0.255 e. The van der Waals surface area contributed by atoms with E-state index in [1.807, 2.05) is 31.3 Å². The summed E-state index contributed by atoms with van der Waals surface area (Å²) in [6, 6.07) is 8.27. The quantitative estimate of drug-likeness (QED) is 0.864. The van der Waals surface area contributed by atoms with E-state index in [1.54, 1.807) is 12.4 Å². The topological polar surface area (TPSA) is 49.3 Å². The molecule has 0 aliphatic carbocycles. The van der Waals surface area contributed by atoms with Crippen LogP contribution in [0.25, 0.3) is 0 Å². The first-order valence-corrected chi connectivity index (χ1v) is 9.04. The zero-order valence-corrected chi connectivity index (χ0v) is 14.6. The van der Waals surface area contributed by atoms with Crippen molar-refractivity contribution in [1.29, 1.82) is 0 Å². The van der Waals surface area contributed by atoms with E-state index in [9.17, 15) is 4.79 Å². The number of hydrogen-bond donors (Lipinski definition) is 0. The van der Waals surface area contributed by atoms with Gasteiger partial charge in [0.25, 0.3) is 5.91 Å². The monoisotopic (exact) mass is 336 g/mol. The van der Waals surface area contributed by atoms with E-state index in [4.69, 9.17) is 0 Å². The van der Waals surface area contributed by atoms with Gasteiger partial charge in [-0.05, 0) is 49.4 Å². The molecule has 0 spiro atoms. The third kappa shape index (κ3) is 3.42. The molecule has 130 valence electrons. The van der Waals surface area contributed by atoms with E-state index < -0.39 is 0 Å². The number of nitrogens with zero attached hydrogens (tertiary/aromatic N) is 4. The van der Waals surface area contributed by atoms with Crippen LogP contribution < -0.4 is 0 Å². The van der Waals surface area contributed by atoms with Crippen molar-refractivity contribution in [1.82, 2.24) is 19.8 Å². The van der Waals surface area contributed by atoms with E-state index in [2.05, 4.69) is 25.8 Å². The van der Waals surface area contributed by atoms with Gasteiger partial charge in [-0.1, -0.05) is 6.07 Å². The summed E-state index contributed by atoms with van der Waals surface area (Å²) in [6.07, 6.45) is 7.60. The summed E-state index contributed by atoms with van der Waals surface area (Å²) in [4.78, 5) is 26.3. The molecule has 0 radical (unpaired) electrons. The summed E-state index contributed by atoms with van der Waals surface area (Å²) >= 11 is 0. The van der Waals surface area contributed by atoms with Gasteiger partial charge >= 0.3 is 0 Å². The van der Waals surface area contributed by atoms with Crippen LogP contribution in [0.2, 0.25) is 0 Å². The number of hydrogen-bond acceptors (Lipinski definition) is 4. The van der Waals surface area contributed by atoms with Crippen LogP contribution in [0.15, 0.2) is 42.9 Å². The number of piperidine rings is 1. The van der Waals surface area contributed by atoms with E-state index in [1.165, 1.54) is 6.42 Å². The van der Waals surface area contributed by atoms with Crippen molar-refractivity contribution < 1.29 is 4.79 Å². The molecule has 5 nitrogen and oxygen atoms in total. The molecule has 2 atom stereocenters. The number of aromatic nitrogens is 2. The lowest BCUT2D eigenvalue weighted by molar-refractivity contribution is 0.0583. The normalized spacial score (nSPS) is 23.5. The Bertz CT molecular complexity index is 748. The first-order chi connectivity index (χ1) is 12.2. The fraction of sp³-hybridized carbons (Fsp3) is 0.450. The highest BCUT2D eigenvalue weighted by molar-refractivity contribution is 5.95. The fourth-order valence-electron chi connectivity index (χ4n) is 4.12. The van der Waals surface area contributed by atoms with Crippen LogP contribution >= 0.6 is 0 Å². The van der Waals surface area contributed by atoms with Gasteiger partial charge < -0.3 is 4.90 Å². The molecule has 1 amide bonds. The second-order valence-electron chi connectivity index (χ2n) is 7.26. The average molecular weight is 336 g/mol. The van der Waals surface area contributed by atoms with Crippen LogP contribution in [0.5, 0.6) is 0 Å². The molecule has 2 aromatic rings. The summed E-state index contributed by atoms with van der Waals surface area (Å²) in [5.41, 5.74) is 2.85. The number of pyridine rings is 2. The van der Waals surface area contributed by atoms with Gasteiger partial charge in [-0.25, -0.2) is 0 Å². The molecule has 0 N–H and O–H groups in total. The van der Waals surface area contributed by atoms with Crippen molar-refractivity contribution in [3.63, 3.8) is 0 Å². The molecule has 2 aromatic heterocycles. The van der Waals surface area contributed by atoms with Crippen LogP contribution in [-0.2, 0) is 6.54 Å². The second-order valence-corrected chi connectivity index (χ2v) is 7.26. The van der Waals surface area contributed by atoms with Gasteiger partial charge in [0, 0.05) is 50.8 Å². The standard InChI is InChI=1S/C20H24N4O/c1-15-7-9-21-10-19(15)20(25)24-12-16-5-6-18(24)14-23(11-16)13-17-4-2-3-8-22-17/h2-4,7-10,16,18H,5-6,11-14H2,1H3/t16-,18+/m0/s1. The zero-order chi connectivity index (χ0) is 17.2. The summed E-state index contributed by atoms with van der Waals surface area (Å²) in [5.74, 6) is 0.684. The Kier molecular flexibility index (Phi) is 4.49. The molecule has 0 aromatic carbocycles. The molecule has 5 heterocycles. The minimum atomic E-state index is 0.139. The Morgan fingerprint density at radius 2 is 2.08 bits per heavy atom. The van der Waals surface area contributed by atoms with E-state index in [0.29, 0.717) is 5.92 Å². The van der Waals surface area contributed by atoms with Crippen molar-refractivity contribution in [3.05, 3.63) is 59.7 Å². The Morgan fingerprint density at radius 3 is 2.88 bits per heavy atom. The lowest BCUT2D eigenvalue weighted by Gasteiger charge is -2.36. The van der Waals surface area contributed by atoms with Crippen molar-refractivity contribution in [2.45, 2.75) is 32.4 Å². The maximum Gasteiger partial charge on any atom is 0.255 e. The summed E-state index contributed by atoms with van der Waals surface area (Å²) in [5, 5.41) is 0. The van der Waals surface area contributed by atoms with Crippen molar-refractivity contribution in [3.8, 4) is 0 Å². The maximum absolute atomic E-state index is 13.1. The van der Waals surface area contributed by atoms with Crippen LogP contribution in [-0.4, -0.2) is 51.4 Å². The van der Waals surface area contributed by atoms with Gasteiger partial charge in [-0.2, -0.15) is 0 Å². The average Bonchev–Trinajstić information content (AvgIpc) is 2.93. The van der Waals surface area contributed by atoms with Gasteiger partial charge in [-0.3, -0.25) is 19.7 Å².